The molecule has 23 heavy (non-hydrogen) atoms. The van der Waals surface area contributed by atoms with E-state index in [1.807, 2.05) is 0 Å². The van der Waals surface area contributed by atoms with Crippen molar-refractivity contribution in [3.8, 4) is 0 Å². The lowest BCUT2D eigenvalue weighted by Gasteiger charge is -2.13. The van der Waals surface area contributed by atoms with Crippen LogP contribution in [0.2, 0.25) is 0 Å². The number of sulfonamides is 1. The SMILES string of the molecule is CCNC(=O)[C@H](C)OC(=O)c1cccc(S(=O)(=O)NC(C)C)c1. The number of esters is 1. The van der Waals surface area contributed by atoms with Crippen molar-refractivity contribution in [2.45, 2.75) is 44.7 Å². The van der Waals surface area contributed by atoms with Gasteiger partial charge in [-0.05, 0) is 45.9 Å². The van der Waals surface area contributed by atoms with E-state index >= 15 is 0 Å². The molecular formula is C15H22N2O5S. The van der Waals surface area contributed by atoms with Crippen molar-refractivity contribution in [3.63, 3.8) is 0 Å². The summed E-state index contributed by atoms with van der Waals surface area (Å²) in [6.07, 6.45) is -0.962. The molecule has 0 heterocycles. The van der Waals surface area contributed by atoms with Gasteiger partial charge >= 0.3 is 5.97 Å². The molecule has 0 fully saturated rings. The first kappa shape index (κ1) is 19.1. The molecule has 0 saturated heterocycles. The molecule has 0 radical (unpaired) electrons. The van der Waals surface area contributed by atoms with E-state index in [-0.39, 0.29) is 16.5 Å². The highest BCUT2D eigenvalue weighted by Gasteiger charge is 2.21. The molecule has 0 aliphatic heterocycles. The van der Waals surface area contributed by atoms with Crippen LogP contribution in [-0.2, 0) is 19.6 Å². The van der Waals surface area contributed by atoms with Crippen LogP contribution in [0.5, 0.6) is 0 Å². The number of carbonyl (C=O) groups is 2. The monoisotopic (exact) mass is 342 g/mol. The topological polar surface area (TPSA) is 102 Å². The summed E-state index contributed by atoms with van der Waals surface area (Å²) in [4.78, 5) is 23.6. The maximum Gasteiger partial charge on any atom is 0.338 e. The minimum atomic E-state index is -3.71. The molecule has 0 unspecified atom stereocenters. The van der Waals surface area contributed by atoms with Gasteiger partial charge in [0.2, 0.25) is 10.0 Å². The fourth-order valence-electron chi connectivity index (χ4n) is 1.77. The summed E-state index contributed by atoms with van der Waals surface area (Å²) in [5.74, 6) is -1.17. The molecule has 2 N–H and O–H groups in total. The van der Waals surface area contributed by atoms with Crippen LogP contribution in [0.3, 0.4) is 0 Å². The van der Waals surface area contributed by atoms with Gasteiger partial charge in [0.15, 0.2) is 6.10 Å². The van der Waals surface area contributed by atoms with Crippen LogP contribution in [0.25, 0.3) is 0 Å². The summed E-state index contributed by atoms with van der Waals surface area (Å²) in [5.41, 5.74) is 0.0628. The number of carbonyl (C=O) groups excluding carboxylic acids is 2. The Bertz CT molecular complexity index is 670. The Labute approximate surface area is 136 Å². The molecule has 0 saturated carbocycles. The van der Waals surface area contributed by atoms with Gasteiger partial charge in [-0.25, -0.2) is 17.9 Å². The van der Waals surface area contributed by atoms with Crippen molar-refractivity contribution in [2.24, 2.45) is 0 Å². The number of hydrogen-bond acceptors (Lipinski definition) is 5. The first-order valence-electron chi connectivity index (χ1n) is 7.28. The summed E-state index contributed by atoms with van der Waals surface area (Å²) in [6, 6.07) is 5.21. The smallest absolute Gasteiger partial charge is 0.338 e. The minimum Gasteiger partial charge on any atom is -0.449 e. The van der Waals surface area contributed by atoms with Crippen LogP contribution in [0, 0.1) is 0 Å². The fraction of sp³-hybridized carbons (Fsp3) is 0.467. The Morgan fingerprint density at radius 2 is 1.87 bits per heavy atom. The Morgan fingerprint density at radius 1 is 1.22 bits per heavy atom. The summed E-state index contributed by atoms with van der Waals surface area (Å²) in [7, 11) is -3.71. The van der Waals surface area contributed by atoms with Crippen molar-refractivity contribution >= 4 is 21.9 Å². The molecule has 0 aliphatic carbocycles. The quantitative estimate of drug-likeness (QED) is 0.721. The molecule has 1 aromatic rings. The summed E-state index contributed by atoms with van der Waals surface area (Å²) >= 11 is 0. The lowest BCUT2D eigenvalue weighted by Crippen LogP contribution is -2.35. The third kappa shape index (κ3) is 5.65. The first-order valence-corrected chi connectivity index (χ1v) is 8.76. The first-order chi connectivity index (χ1) is 10.7. The Hall–Kier alpha value is -1.93. The van der Waals surface area contributed by atoms with Gasteiger partial charge < -0.3 is 10.1 Å². The summed E-state index contributed by atoms with van der Waals surface area (Å²) < 4.78 is 31.7. The van der Waals surface area contributed by atoms with Crippen LogP contribution in [0.15, 0.2) is 29.2 Å². The Morgan fingerprint density at radius 3 is 2.43 bits per heavy atom. The Kier molecular flexibility index (Phi) is 6.71. The van der Waals surface area contributed by atoms with Crippen LogP contribution in [-0.4, -0.2) is 39.0 Å². The molecule has 0 bridgehead atoms. The zero-order valence-electron chi connectivity index (χ0n) is 13.6. The van der Waals surface area contributed by atoms with E-state index < -0.39 is 28.0 Å². The van der Waals surface area contributed by atoms with Gasteiger partial charge in [0.1, 0.15) is 0 Å². The van der Waals surface area contributed by atoms with Crippen molar-refractivity contribution < 1.29 is 22.7 Å². The average Bonchev–Trinajstić information content (AvgIpc) is 2.46. The highest BCUT2D eigenvalue weighted by molar-refractivity contribution is 7.89. The molecule has 128 valence electrons. The van der Waals surface area contributed by atoms with Gasteiger partial charge in [-0.1, -0.05) is 6.07 Å². The molecule has 1 aromatic carbocycles. The second kappa shape index (κ2) is 8.07. The van der Waals surface area contributed by atoms with Crippen LogP contribution in [0.4, 0.5) is 0 Å². The number of amides is 1. The minimum absolute atomic E-state index is 0.0358. The molecular weight excluding hydrogens is 320 g/mol. The van der Waals surface area contributed by atoms with Crippen molar-refractivity contribution in [2.75, 3.05) is 6.54 Å². The molecule has 0 spiro atoms. The number of nitrogens with one attached hydrogen (secondary N) is 2. The van der Waals surface area contributed by atoms with Crippen molar-refractivity contribution in [1.82, 2.24) is 10.0 Å². The van der Waals surface area contributed by atoms with E-state index in [2.05, 4.69) is 10.0 Å². The highest BCUT2D eigenvalue weighted by atomic mass is 32.2. The average molecular weight is 342 g/mol. The molecule has 1 rings (SSSR count). The van der Waals surface area contributed by atoms with E-state index in [0.29, 0.717) is 6.54 Å². The second-order valence-electron chi connectivity index (χ2n) is 5.25. The van der Waals surface area contributed by atoms with Crippen LogP contribution < -0.4 is 10.0 Å². The van der Waals surface area contributed by atoms with Crippen LogP contribution >= 0.6 is 0 Å². The number of likely N-dealkylation sites (N-methyl/N-ethyl adjacent to an activating group) is 1. The van der Waals surface area contributed by atoms with Gasteiger partial charge in [0.25, 0.3) is 5.91 Å². The lowest BCUT2D eigenvalue weighted by atomic mass is 10.2. The molecule has 0 aliphatic rings. The predicted octanol–water partition coefficient (Wildman–Crippen LogP) is 1.05. The highest BCUT2D eigenvalue weighted by Crippen LogP contribution is 2.13. The zero-order chi connectivity index (χ0) is 17.6. The maximum atomic E-state index is 12.1. The van der Waals surface area contributed by atoms with Gasteiger partial charge in [-0.15, -0.1) is 0 Å². The van der Waals surface area contributed by atoms with E-state index in [9.17, 15) is 18.0 Å². The zero-order valence-corrected chi connectivity index (χ0v) is 14.4. The number of benzene rings is 1. The molecule has 7 nitrogen and oxygen atoms in total. The molecule has 8 heteroatoms. The Balaban J connectivity index is 2.92. The maximum absolute atomic E-state index is 12.1. The van der Waals surface area contributed by atoms with Gasteiger partial charge in [-0.3, -0.25) is 4.79 Å². The third-order valence-corrected chi connectivity index (χ3v) is 4.43. The largest absolute Gasteiger partial charge is 0.449 e. The van der Waals surface area contributed by atoms with E-state index in [1.54, 1.807) is 20.8 Å². The summed E-state index contributed by atoms with van der Waals surface area (Å²) in [6.45, 7) is 7.02. The second-order valence-corrected chi connectivity index (χ2v) is 6.96. The fourth-order valence-corrected chi connectivity index (χ4v) is 3.07. The van der Waals surface area contributed by atoms with Gasteiger partial charge in [0.05, 0.1) is 10.5 Å². The third-order valence-electron chi connectivity index (χ3n) is 2.77. The molecule has 1 amide bonds. The van der Waals surface area contributed by atoms with Crippen molar-refractivity contribution in [3.05, 3.63) is 29.8 Å². The number of ether oxygens (including phenoxy) is 1. The number of hydrogen-bond donors (Lipinski definition) is 2. The number of rotatable bonds is 7. The van der Waals surface area contributed by atoms with E-state index in [0.717, 1.165) is 0 Å². The lowest BCUT2D eigenvalue weighted by molar-refractivity contribution is -0.128. The van der Waals surface area contributed by atoms with Gasteiger partial charge in [-0.2, -0.15) is 0 Å². The summed E-state index contributed by atoms with van der Waals surface area (Å²) in [5, 5.41) is 2.54. The molecule has 1 atom stereocenters. The van der Waals surface area contributed by atoms with E-state index in [4.69, 9.17) is 4.74 Å². The normalized spacial score (nSPS) is 12.7. The van der Waals surface area contributed by atoms with Gasteiger partial charge in [0, 0.05) is 12.6 Å². The predicted molar refractivity (Wildman–Crippen MR) is 85.5 cm³/mol. The van der Waals surface area contributed by atoms with Crippen molar-refractivity contribution in [1.29, 1.82) is 0 Å². The molecule has 0 aromatic heterocycles. The van der Waals surface area contributed by atoms with Crippen LogP contribution in [0.1, 0.15) is 38.1 Å². The van der Waals surface area contributed by atoms with E-state index in [1.165, 1.54) is 31.2 Å². The standard InChI is InChI=1S/C15H22N2O5S/c1-5-16-14(18)11(4)22-15(19)12-7-6-8-13(9-12)23(20,21)17-10(2)3/h6-11,17H,5H2,1-4H3,(H,16,18)/t11-/m0/s1.